The lowest BCUT2D eigenvalue weighted by Crippen LogP contribution is -2.40. The van der Waals surface area contributed by atoms with Gasteiger partial charge in [0.15, 0.2) is 11.5 Å². The lowest BCUT2D eigenvalue weighted by atomic mass is 9.86. The zero-order valence-corrected chi connectivity index (χ0v) is 15.8. The van der Waals surface area contributed by atoms with Gasteiger partial charge in [0.25, 0.3) is 0 Å². The third-order valence-electron chi connectivity index (χ3n) is 6.17. The summed E-state index contributed by atoms with van der Waals surface area (Å²) in [5, 5.41) is 8.26. The molecule has 0 amide bonds. The third-order valence-corrected chi connectivity index (χ3v) is 6.17. The van der Waals surface area contributed by atoms with Crippen LogP contribution in [0.4, 0.5) is 8.78 Å². The van der Waals surface area contributed by atoms with Gasteiger partial charge < -0.3 is 0 Å². The highest BCUT2D eigenvalue weighted by Crippen LogP contribution is 2.37. The van der Waals surface area contributed by atoms with Crippen LogP contribution in [0.3, 0.4) is 0 Å². The first-order valence-electron chi connectivity index (χ1n) is 10.1. The van der Waals surface area contributed by atoms with Crippen molar-refractivity contribution in [3.63, 3.8) is 0 Å². The molecule has 1 aliphatic heterocycles. The van der Waals surface area contributed by atoms with E-state index in [2.05, 4.69) is 15.1 Å². The van der Waals surface area contributed by atoms with Crippen LogP contribution in [0, 0.1) is 11.7 Å². The first-order valence-corrected chi connectivity index (χ1v) is 10.1. The first kappa shape index (κ1) is 17.7. The van der Waals surface area contributed by atoms with Gasteiger partial charge in [-0.2, -0.15) is 0 Å². The SMILES string of the molecule is Fc1c(CN2CCC(F)(c3ccccc3)CC2)ccn2c(CC3CC3)nnc12. The molecule has 1 aromatic carbocycles. The number of hydrogen-bond acceptors (Lipinski definition) is 3. The van der Waals surface area contributed by atoms with Crippen molar-refractivity contribution < 1.29 is 8.78 Å². The van der Waals surface area contributed by atoms with Crippen molar-refractivity contribution in [2.45, 2.75) is 44.3 Å². The number of alkyl halides is 1. The number of fused-ring (bicyclic) bond motifs is 1. The number of likely N-dealkylation sites (tertiary alicyclic amines) is 1. The van der Waals surface area contributed by atoms with E-state index < -0.39 is 5.67 Å². The second-order valence-corrected chi connectivity index (χ2v) is 8.22. The second kappa shape index (κ2) is 6.92. The van der Waals surface area contributed by atoms with Gasteiger partial charge >= 0.3 is 0 Å². The van der Waals surface area contributed by atoms with Crippen LogP contribution in [-0.2, 0) is 18.6 Å². The number of aromatic nitrogens is 3. The summed E-state index contributed by atoms with van der Waals surface area (Å²) in [6, 6.07) is 11.2. The number of nitrogens with zero attached hydrogens (tertiary/aromatic N) is 4. The van der Waals surface area contributed by atoms with Crippen molar-refractivity contribution in [3.8, 4) is 0 Å². The minimum Gasteiger partial charge on any atom is -0.299 e. The molecule has 0 radical (unpaired) electrons. The molecule has 2 aliphatic rings. The summed E-state index contributed by atoms with van der Waals surface area (Å²) in [5.74, 6) is 1.21. The van der Waals surface area contributed by atoms with Crippen LogP contribution in [0.25, 0.3) is 5.65 Å². The molecular formula is C22H24F2N4. The van der Waals surface area contributed by atoms with E-state index in [4.69, 9.17) is 0 Å². The minimum absolute atomic E-state index is 0.300. The van der Waals surface area contributed by atoms with E-state index in [-0.39, 0.29) is 5.82 Å². The molecule has 2 fully saturated rings. The van der Waals surface area contributed by atoms with E-state index in [1.807, 2.05) is 42.6 Å². The first-order chi connectivity index (χ1) is 13.6. The maximum atomic E-state index is 15.3. The predicted molar refractivity (Wildman–Crippen MR) is 103 cm³/mol. The molecule has 0 unspecified atom stereocenters. The van der Waals surface area contributed by atoms with Crippen LogP contribution in [0.5, 0.6) is 0 Å². The quantitative estimate of drug-likeness (QED) is 0.660. The fourth-order valence-corrected chi connectivity index (χ4v) is 4.18. The van der Waals surface area contributed by atoms with Crippen LogP contribution in [0.1, 0.15) is 42.6 Å². The molecule has 2 aromatic heterocycles. The number of piperidine rings is 1. The Morgan fingerprint density at radius 2 is 1.79 bits per heavy atom. The molecule has 0 atom stereocenters. The van der Waals surface area contributed by atoms with Crippen LogP contribution in [0.15, 0.2) is 42.6 Å². The lowest BCUT2D eigenvalue weighted by molar-refractivity contribution is 0.0522. The fraction of sp³-hybridized carbons (Fsp3) is 0.455. The standard InChI is InChI=1S/C22H24F2N4/c23-20-17(8-11-28-19(14-16-6-7-16)25-26-21(20)28)15-27-12-9-22(24,10-13-27)18-4-2-1-3-5-18/h1-5,8,11,16H,6-7,9-10,12-15H2. The number of halogens is 2. The van der Waals surface area contributed by atoms with E-state index in [0.717, 1.165) is 17.8 Å². The highest BCUT2D eigenvalue weighted by atomic mass is 19.1. The summed E-state index contributed by atoms with van der Waals surface area (Å²) in [5.41, 5.74) is 0.359. The molecule has 1 aliphatic carbocycles. The molecule has 146 valence electrons. The zero-order valence-electron chi connectivity index (χ0n) is 15.8. The summed E-state index contributed by atoms with van der Waals surface area (Å²) >= 11 is 0. The second-order valence-electron chi connectivity index (χ2n) is 8.22. The average molecular weight is 382 g/mol. The smallest absolute Gasteiger partial charge is 0.197 e. The molecule has 6 heteroatoms. The summed E-state index contributed by atoms with van der Waals surface area (Å²) in [7, 11) is 0. The predicted octanol–water partition coefficient (Wildman–Crippen LogP) is 4.28. The summed E-state index contributed by atoms with van der Waals surface area (Å²) in [6.45, 7) is 1.68. The van der Waals surface area contributed by atoms with Gasteiger partial charge in [-0.15, -0.1) is 10.2 Å². The molecule has 0 bridgehead atoms. The molecule has 28 heavy (non-hydrogen) atoms. The normalized spacial score (nSPS) is 19.9. The molecule has 0 N–H and O–H groups in total. The maximum Gasteiger partial charge on any atom is 0.197 e. The Hall–Kier alpha value is -2.34. The van der Waals surface area contributed by atoms with Gasteiger partial charge in [-0.05, 0) is 43.2 Å². The van der Waals surface area contributed by atoms with Crippen LogP contribution in [-0.4, -0.2) is 32.6 Å². The van der Waals surface area contributed by atoms with E-state index in [9.17, 15) is 4.39 Å². The summed E-state index contributed by atoms with van der Waals surface area (Å²) in [6.07, 6.45) is 6.05. The van der Waals surface area contributed by atoms with Gasteiger partial charge in [-0.3, -0.25) is 9.30 Å². The maximum absolute atomic E-state index is 15.3. The van der Waals surface area contributed by atoms with E-state index in [1.54, 1.807) is 4.40 Å². The largest absolute Gasteiger partial charge is 0.299 e. The highest BCUT2D eigenvalue weighted by Gasteiger charge is 2.36. The van der Waals surface area contributed by atoms with Gasteiger partial charge in [-0.25, -0.2) is 8.78 Å². The third kappa shape index (κ3) is 3.30. The molecule has 4 nitrogen and oxygen atoms in total. The van der Waals surface area contributed by atoms with Gasteiger partial charge in [0.2, 0.25) is 0 Å². The minimum atomic E-state index is -1.29. The molecule has 1 saturated heterocycles. The Kier molecular flexibility index (Phi) is 4.38. The van der Waals surface area contributed by atoms with Gasteiger partial charge in [0.1, 0.15) is 11.5 Å². The highest BCUT2D eigenvalue weighted by molar-refractivity contribution is 5.43. The van der Waals surface area contributed by atoms with Crippen molar-refractivity contribution in [2.24, 2.45) is 5.92 Å². The van der Waals surface area contributed by atoms with Crippen LogP contribution in [0.2, 0.25) is 0 Å². The molecule has 5 rings (SSSR count). The van der Waals surface area contributed by atoms with Crippen molar-refractivity contribution >= 4 is 5.65 Å². The molecule has 3 heterocycles. The Labute approximate surface area is 163 Å². The lowest BCUT2D eigenvalue weighted by Gasteiger charge is -2.36. The average Bonchev–Trinajstić information content (AvgIpc) is 3.45. The van der Waals surface area contributed by atoms with E-state index in [0.29, 0.717) is 49.6 Å². The topological polar surface area (TPSA) is 33.4 Å². The fourth-order valence-electron chi connectivity index (χ4n) is 4.18. The number of benzene rings is 1. The van der Waals surface area contributed by atoms with Gasteiger partial charge in [0.05, 0.1) is 0 Å². The number of rotatable bonds is 5. The molecular weight excluding hydrogens is 358 g/mol. The van der Waals surface area contributed by atoms with Gasteiger partial charge in [0, 0.05) is 37.8 Å². The van der Waals surface area contributed by atoms with E-state index >= 15 is 4.39 Å². The zero-order chi connectivity index (χ0) is 19.1. The van der Waals surface area contributed by atoms with Crippen molar-refractivity contribution in [3.05, 3.63) is 65.4 Å². The van der Waals surface area contributed by atoms with Crippen LogP contribution >= 0.6 is 0 Å². The van der Waals surface area contributed by atoms with Crippen molar-refractivity contribution in [1.29, 1.82) is 0 Å². The summed E-state index contributed by atoms with van der Waals surface area (Å²) < 4.78 is 32.1. The van der Waals surface area contributed by atoms with Crippen LogP contribution < -0.4 is 0 Å². The summed E-state index contributed by atoms with van der Waals surface area (Å²) in [4.78, 5) is 2.12. The Balaban J connectivity index is 1.29. The number of hydrogen-bond donors (Lipinski definition) is 0. The van der Waals surface area contributed by atoms with Gasteiger partial charge in [-0.1, -0.05) is 30.3 Å². The van der Waals surface area contributed by atoms with Crippen molar-refractivity contribution in [2.75, 3.05) is 13.1 Å². The molecule has 1 saturated carbocycles. The Morgan fingerprint density at radius 3 is 2.50 bits per heavy atom. The Morgan fingerprint density at radius 1 is 1.04 bits per heavy atom. The van der Waals surface area contributed by atoms with Crippen molar-refractivity contribution in [1.82, 2.24) is 19.5 Å². The molecule has 3 aromatic rings. The van der Waals surface area contributed by atoms with E-state index in [1.165, 1.54) is 12.8 Å². The Bertz CT molecular complexity index is 973. The molecule has 0 spiro atoms. The monoisotopic (exact) mass is 382 g/mol. The number of pyridine rings is 1.